The highest BCUT2D eigenvalue weighted by atomic mass is 16.3. The Morgan fingerprint density at radius 2 is 1.88 bits per heavy atom. The molecule has 0 aliphatic carbocycles. The fourth-order valence-electron chi connectivity index (χ4n) is 2.23. The topological polar surface area (TPSA) is 83.5 Å². The third-order valence-electron chi connectivity index (χ3n) is 3.88. The summed E-state index contributed by atoms with van der Waals surface area (Å²) in [4.78, 5) is 34.7. The van der Waals surface area contributed by atoms with Crippen molar-refractivity contribution in [1.29, 1.82) is 0 Å². The Morgan fingerprint density at radius 1 is 1.41 bits per heavy atom. The molecule has 1 fully saturated rings. The molecule has 1 rings (SSSR count). The Labute approximate surface area is 101 Å². The summed E-state index contributed by atoms with van der Waals surface area (Å²) in [7, 11) is 0. The largest absolute Gasteiger partial charge is 0.392 e. The van der Waals surface area contributed by atoms with Crippen molar-refractivity contribution in [3.63, 3.8) is 0 Å². The fraction of sp³-hybridized carbons (Fsp3) is 0.750. The lowest BCUT2D eigenvalue weighted by Gasteiger charge is -2.47. The zero-order chi connectivity index (χ0) is 13.4. The summed E-state index contributed by atoms with van der Waals surface area (Å²) in [5, 5.41) is 12.3. The molecule has 2 N–H and O–H groups in total. The number of nitrogens with one attached hydrogen (secondary N) is 1. The minimum Gasteiger partial charge on any atom is -0.392 e. The number of hydrogen-bond donors (Lipinski definition) is 2. The molecule has 0 radical (unpaired) electrons. The van der Waals surface area contributed by atoms with E-state index in [2.05, 4.69) is 5.32 Å². The van der Waals surface area contributed by atoms with Crippen LogP contribution < -0.4 is 5.32 Å². The fourth-order valence-corrected chi connectivity index (χ4v) is 2.23. The zero-order valence-electron chi connectivity index (χ0n) is 10.6. The number of β-lactam (4-membered cyclic amide) rings is 1. The maximum atomic E-state index is 11.7. The predicted molar refractivity (Wildman–Crippen MR) is 61.2 cm³/mol. The quantitative estimate of drug-likeness (QED) is 0.526. The summed E-state index contributed by atoms with van der Waals surface area (Å²) in [5.41, 5.74) is -1.24. The molecule has 0 spiro atoms. The van der Waals surface area contributed by atoms with Crippen LogP contribution >= 0.6 is 0 Å². The summed E-state index contributed by atoms with van der Waals surface area (Å²) in [5.74, 6) is -1.54. The van der Waals surface area contributed by atoms with Crippen LogP contribution in [0.25, 0.3) is 0 Å². The van der Waals surface area contributed by atoms with Crippen LogP contribution in [0.15, 0.2) is 0 Å². The van der Waals surface area contributed by atoms with Gasteiger partial charge in [-0.1, -0.05) is 6.92 Å². The number of hydrogen-bond acceptors (Lipinski definition) is 4. The molecule has 0 bridgehead atoms. The van der Waals surface area contributed by atoms with E-state index in [1.807, 2.05) is 0 Å². The first kappa shape index (κ1) is 13.8. The maximum Gasteiger partial charge on any atom is 0.228 e. The normalized spacial score (nSPS) is 25.8. The van der Waals surface area contributed by atoms with Gasteiger partial charge in [-0.05, 0) is 27.2 Å². The van der Waals surface area contributed by atoms with Gasteiger partial charge in [-0.2, -0.15) is 0 Å². The van der Waals surface area contributed by atoms with Crippen molar-refractivity contribution in [3.05, 3.63) is 0 Å². The van der Waals surface area contributed by atoms with E-state index in [1.165, 1.54) is 20.8 Å². The Hall–Kier alpha value is -1.23. The number of ketones is 2. The lowest BCUT2D eigenvalue weighted by molar-refractivity contribution is -0.155. The maximum absolute atomic E-state index is 11.7. The number of carbonyl (C=O) groups excluding carboxylic acids is 3. The van der Waals surface area contributed by atoms with Crippen LogP contribution in [-0.4, -0.2) is 34.7 Å². The summed E-state index contributed by atoms with van der Waals surface area (Å²) >= 11 is 0. The van der Waals surface area contributed by atoms with Gasteiger partial charge in [0.15, 0.2) is 0 Å². The van der Waals surface area contributed by atoms with Crippen molar-refractivity contribution < 1.29 is 19.5 Å². The van der Waals surface area contributed by atoms with Crippen LogP contribution in [0.2, 0.25) is 0 Å². The van der Waals surface area contributed by atoms with Crippen molar-refractivity contribution >= 4 is 17.5 Å². The molecule has 0 aromatic carbocycles. The molecule has 5 nitrogen and oxygen atoms in total. The molecule has 3 unspecified atom stereocenters. The summed E-state index contributed by atoms with van der Waals surface area (Å²) in [6.07, 6.45) is -0.396. The first-order chi connectivity index (χ1) is 7.76. The molecular weight excluding hydrogens is 222 g/mol. The van der Waals surface area contributed by atoms with E-state index in [1.54, 1.807) is 6.92 Å². The minimum absolute atomic E-state index is 0.289. The Morgan fingerprint density at radius 3 is 2.18 bits per heavy atom. The molecule has 17 heavy (non-hydrogen) atoms. The number of aliphatic hydroxyl groups excluding tert-OH is 1. The molecule has 1 heterocycles. The second-order valence-corrected chi connectivity index (χ2v) is 4.80. The first-order valence-electron chi connectivity index (χ1n) is 5.77. The average molecular weight is 241 g/mol. The van der Waals surface area contributed by atoms with Gasteiger partial charge in [-0.3, -0.25) is 14.4 Å². The predicted octanol–water partition coefficient (Wildman–Crippen LogP) is 0.0562. The third kappa shape index (κ3) is 1.99. The van der Waals surface area contributed by atoms with Gasteiger partial charge in [0, 0.05) is 0 Å². The van der Waals surface area contributed by atoms with Gasteiger partial charge >= 0.3 is 0 Å². The minimum atomic E-state index is -1.24. The monoisotopic (exact) mass is 241 g/mol. The van der Waals surface area contributed by atoms with Gasteiger partial charge in [-0.25, -0.2) is 0 Å². The van der Waals surface area contributed by atoms with Gasteiger partial charge < -0.3 is 10.4 Å². The van der Waals surface area contributed by atoms with Gasteiger partial charge in [0.2, 0.25) is 5.91 Å². The summed E-state index contributed by atoms with van der Waals surface area (Å²) in [6.45, 7) is 5.95. The van der Waals surface area contributed by atoms with Crippen molar-refractivity contribution in [2.24, 2.45) is 11.3 Å². The van der Waals surface area contributed by atoms with Crippen LogP contribution in [0.5, 0.6) is 0 Å². The molecule has 1 aliphatic rings. The van der Waals surface area contributed by atoms with E-state index in [0.717, 1.165) is 0 Å². The molecule has 5 heteroatoms. The zero-order valence-corrected chi connectivity index (χ0v) is 10.6. The lowest BCUT2D eigenvalue weighted by atomic mass is 9.65. The highest BCUT2D eigenvalue weighted by Gasteiger charge is 2.56. The Kier molecular flexibility index (Phi) is 3.71. The second-order valence-electron chi connectivity index (χ2n) is 4.80. The van der Waals surface area contributed by atoms with E-state index in [0.29, 0.717) is 6.42 Å². The van der Waals surface area contributed by atoms with Crippen molar-refractivity contribution in [2.75, 3.05) is 0 Å². The van der Waals surface area contributed by atoms with Gasteiger partial charge in [0.05, 0.1) is 18.1 Å². The smallest absolute Gasteiger partial charge is 0.228 e. The van der Waals surface area contributed by atoms with Gasteiger partial charge in [-0.15, -0.1) is 0 Å². The van der Waals surface area contributed by atoms with Crippen LogP contribution in [0.4, 0.5) is 0 Å². The molecule has 0 saturated carbocycles. The molecule has 96 valence electrons. The van der Waals surface area contributed by atoms with Crippen LogP contribution in [-0.2, 0) is 14.4 Å². The number of amides is 1. The van der Waals surface area contributed by atoms with Crippen LogP contribution in [0.1, 0.15) is 34.1 Å². The molecule has 0 aromatic heterocycles. The van der Waals surface area contributed by atoms with E-state index in [-0.39, 0.29) is 17.5 Å². The van der Waals surface area contributed by atoms with Gasteiger partial charge in [0.25, 0.3) is 0 Å². The lowest BCUT2D eigenvalue weighted by Crippen LogP contribution is -2.70. The number of rotatable bonds is 5. The number of Topliss-reactive ketones (excluding diaryl/α,β-unsaturated/α-hetero) is 2. The molecule has 1 aliphatic heterocycles. The molecule has 3 atom stereocenters. The Balaban J connectivity index is 3.03. The first-order valence-corrected chi connectivity index (χ1v) is 5.77. The standard InChI is InChI=1S/C12H19NO4/c1-5-8(16)9-10(13-11(9)17)12(4,6(2)14)7(3)15/h8-10,16H,5H2,1-4H3,(H,13,17). The summed E-state index contributed by atoms with van der Waals surface area (Å²) in [6, 6.07) is -0.597. The van der Waals surface area contributed by atoms with Crippen LogP contribution in [0.3, 0.4) is 0 Å². The summed E-state index contributed by atoms with van der Waals surface area (Å²) < 4.78 is 0. The highest BCUT2D eigenvalue weighted by molar-refractivity contribution is 6.07. The van der Waals surface area contributed by atoms with Crippen molar-refractivity contribution in [1.82, 2.24) is 5.32 Å². The Bertz CT molecular complexity index is 350. The molecule has 0 aromatic rings. The van der Waals surface area contributed by atoms with Crippen LogP contribution in [0, 0.1) is 11.3 Å². The third-order valence-corrected chi connectivity index (χ3v) is 3.88. The van der Waals surface area contributed by atoms with E-state index in [4.69, 9.17) is 0 Å². The van der Waals surface area contributed by atoms with E-state index < -0.39 is 23.5 Å². The van der Waals surface area contributed by atoms with E-state index in [9.17, 15) is 19.5 Å². The number of carbonyl (C=O) groups is 3. The van der Waals surface area contributed by atoms with Crippen molar-refractivity contribution in [2.45, 2.75) is 46.3 Å². The molecular formula is C12H19NO4. The molecule has 1 saturated heterocycles. The van der Waals surface area contributed by atoms with E-state index >= 15 is 0 Å². The average Bonchev–Trinajstić information content (AvgIpc) is 2.23. The highest BCUT2D eigenvalue weighted by Crippen LogP contribution is 2.36. The van der Waals surface area contributed by atoms with Crippen molar-refractivity contribution in [3.8, 4) is 0 Å². The molecule has 1 amide bonds. The van der Waals surface area contributed by atoms with Gasteiger partial charge in [0.1, 0.15) is 17.0 Å². The number of aliphatic hydroxyl groups is 1. The second kappa shape index (κ2) is 4.56. The SMILES string of the molecule is CCC(O)C1C(=O)NC1C(C)(C(C)=O)C(C)=O.